The molecule has 1 heterocycles. The van der Waals surface area contributed by atoms with Crippen LogP contribution in [0.3, 0.4) is 0 Å². The van der Waals surface area contributed by atoms with Gasteiger partial charge in [-0.1, -0.05) is 11.3 Å². The van der Waals surface area contributed by atoms with Gasteiger partial charge in [0.2, 0.25) is 4.80 Å². The van der Waals surface area contributed by atoms with E-state index in [1.807, 2.05) is 19.9 Å². The van der Waals surface area contributed by atoms with E-state index in [1.54, 1.807) is 23.5 Å². The van der Waals surface area contributed by atoms with Gasteiger partial charge in [-0.25, -0.2) is 9.38 Å². The van der Waals surface area contributed by atoms with Gasteiger partial charge in [-0.3, -0.25) is 9.36 Å². The first kappa shape index (κ1) is 16.4. The zero-order valence-electron chi connectivity index (χ0n) is 12.6. The van der Waals surface area contributed by atoms with Crippen molar-refractivity contribution in [2.45, 2.75) is 20.0 Å². The van der Waals surface area contributed by atoms with Crippen LogP contribution in [-0.4, -0.2) is 15.5 Å². The minimum absolute atomic E-state index is 0.113. The Balaban J connectivity index is 2.63. The van der Waals surface area contributed by atoms with Gasteiger partial charge in [0, 0.05) is 20.2 Å². The Hall–Kier alpha value is -1.98. The zero-order chi connectivity index (χ0) is 16.4. The summed E-state index contributed by atoms with van der Waals surface area (Å²) in [7, 11) is 3.60. The highest BCUT2D eigenvalue weighted by Crippen LogP contribution is 2.28. The summed E-state index contributed by atoms with van der Waals surface area (Å²) in [6.07, 6.45) is -0.125. The van der Waals surface area contributed by atoms with Crippen molar-refractivity contribution >= 4 is 29.2 Å². The molecule has 1 aromatic heterocycles. The number of rotatable bonds is 3. The van der Waals surface area contributed by atoms with Crippen LogP contribution in [0.2, 0.25) is 0 Å². The lowest BCUT2D eigenvalue weighted by atomic mass is 10.2. The summed E-state index contributed by atoms with van der Waals surface area (Å²) in [6.45, 7) is 3.67. The second-order valence-electron chi connectivity index (χ2n) is 4.89. The molecular formula is C14H15FN4OS2. The number of hydrogen-bond donors (Lipinski definition) is 0. The van der Waals surface area contributed by atoms with Gasteiger partial charge >= 0.3 is 0 Å². The molecule has 0 atom stereocenters. The summed E-state index contributed by atoms with van der Waals surface area (Å²) in [5, 5.41) is 9.07. The van der Waals surface area contributed by atoms with E-state index in [2.05, 4.69) is 4.99 Å². The molecule has 0 amide bonds. The molecule has 0 aliphatic rings. The summed E-state index contributed by atoms with van der Waals surface area (Å²) in [5.41, 5.74) is 0.261. The van der Waals surface area contributed by atoms with Crippen LogP contribution < -0.4 is 9.54 Å². The Morgan fingerprint density at radius 3 is 2.55 bits per heavy atom. The summed E-state index contributed by atoms with van der Waals surface area (Å²) in [4.78, 5) is 4.86. The fourth-order valence-corrected chi connectivity index (χ4v) is 2.88. The predicted octanol–water partition coefficient (Wildman–Crippen LogP) is 3.18. The van der Waals surface area contributed by atoms with Crippen LogP contribution in [0.15, 0.2) is 17.1 Å². The van der Waals surface area contributed by atoms with Crippen molar-refractivity contribution in [2.75, 3.05) is 0 Å². The first-order chi connectivity index (χ1) is 10.3. The quantitative estimate of drug-likeness (QED) is 0.808. The maximum Gasteiger partial charge on any atom is 0.207 e. The Kier molecular flexibility index (Phi) is 4.78. The summed E-state index contributed by atoms with van der Waals surface area (Å²) in [5.74, 6) is -0.255. The topological polar surface area (TPSA) is 55.2 Å². The first-order valence-electron chi connectivity index (χ1n) is 6.51. The molecule has 5 nitrogen and oxygen atoms in total. The van der Waals surface area contributed by atoms with Crippen LogP contribution in [-0.2, 0) is 14.1 Å². The van der Waals surface area contributed by atoms with Gasteiger partial charge in [0.05, 0.1) is 11.7 Å². The van der Waals surface area contributed by atoms with Crippen LogP contribution in [0.25, 0.3) is 0 Å². The average Bonchev–Trinajstić information content (AvgIpc) is 2.69. The van der Waals surface area contributed by atoms with Crippen molar-refractivity contribution in [3.63, 3.8) is 0 Å². The molecule has 0 saturated heterocycles. The van der Waals surface area contributed by atoms with Crippen molar-refractivity contribution in [3.05, 3.63) is 32.3 Å². The lowest BCUT2D eigenvalue weighted by molar-refractivity contribution is 0.241. The summed E-state index contributed by atoms with van der Waals surface area (Å²) in [6, 6.07) is 4.51. The van der Waals surface area contributed by atoms with Crippen molar-refractivity contribution in [1.29, 1.82) is 5.26 Å². The molecule has 0 radical (unpaired) electrons. The molecule has 0 unspecified atom stereocenters. The van der Waals surface area contributed by atoms with Crippen LogP contribution >= 0.6 is 23.6 Å². The summed E-state index contributed by atoms with van der Waals surface area (Å²) >= 11 is 6.45. The van der Waals surface area contributed by atoms with E-state index in [1.165, 1.54) is 17.4 Å². The molecule has 0 N–H and O–H groups in total. The number of nitrogens with zero attached hydrogens (tertiary/aromatic N) is 4. The van der Waals surface area contributed by atoms with E-state index >= 15 is 0 Å². The van der Waals surface area contributed by atoms with Crippen molar-refractivity contribution in [1.82, 2.24) is 9.36 Å². The second kappa shape index (κ2) is 6.42. The maximum atomic E-state index is 14.1. The van der Waals surface area contributed by atoms with E-state index < -0.39 is 5.82 Å². The normalized spacial score (nSPS) is 11.8. The van der Waals surface area contributed by atoms with Gasteiger partial charge in [0.15, 0.2) is 9.77 Å². The molecule has 0 aliphatic carbocycles. The van der Waals surface area contributed by atoms with E-state index in [0.29, 0.717) is 14.5 Å². The average molecular weight is 338 g/mol. The Bertz CT molecular complexity index is 870. The van der Waals surface area contributed by atoms with Crippen LogP contribution in [0.1, 0.15) is 19.4 Å². The van der Waals surface area contributed by atoms with E-state index in [4.69, 9.17) is 22.2 Å². The molecule has 0 fully saturated rings. The van der Waals surface area contributed by atoms with E-state index in [-0.39, 0.29) is 17.4 Å². The number of halogens is 1. The third-order valence-corrected chi connectivity index (χ3v) is 4.41. The standard InChI is InChI=1S/C14H15FN4OS2/c1-8(2)20-12-6-11(10(15)5-9(12)7-16)17-13-18(3)19(4)14(21)22-13/h5-6,8H,1-4H3. The largest absolute Gasteiger partial charge is 0.490 e. The number of aromatic nitrogens is 2. The molecular weight excluding hydrogens is 323 g/mol. The first-order valence-corrected chi connectivity index (χ1v) is 7.74. The third kappa shape index (κ3) is 3.26. The van der Waals surface area contributed by atoms with E-state index in [0.717, 1.165) is 6.07 Å². The van der Waals surface area contributed by atoms with Gasteiger partial charge in [-0.15, -0.1) is 0 Å². The molecule has 0 aliphatic heterocycles. The highest BCUT2D eigenvalue weighted by atomic mass is 32.1. The Morgan fingerprint density at radius 2 is 2.05 bits per heavy atom. The number of nitriles is 1. The van der Waals surface area contributed by atoms with Crippen molar-refractivity contribution in [2.24, 2.45) is 19.1 Å². The molecule has 8 heteroatoms. The molecule has 0 saturated carbocycles. The highest BCUT2D eigenvalue weighted by Gasteiger charge is 2.12. The Morgan fingerprint density at radius 1 is 1.36 bits per heavy atom. The smallest absolute Gasteiger partial charge is 0.207 e. The molecule has 116 valence electrons. The molecule has 22 heavy (non-hydrogen) atoms. The van der Waals surface area contributed by atoms with Crippen molar-refractivity contribution < 1.29 is 9.13 Å². The van der Waals surface area contributed by atoms with Gasteiger partial charge in [0.1, 0.15) is 17.5 Å². The van der Waals surface area contributed by atoms with Crippen LogP contribution in [0.4, 0.5) is 10.1 Å². The molecule has 0 bridgehead atoms. The lowest BCUT2D eigenvalue weighted by Gasteiger charge is -2.12. The SMILES string of the molecule is CC(C)Oc1cc(N=c2sc(=S)n(C)n2C)c(F)cc1C#N. The fraction of sp³-hybridized carbons (Fsp3) is 0.357. The van der Waals surface area contributed by atoms with Gasteiger partial charge < -0.3 is 4.74 Å². The maximum absolute atomic E-state index is 14.1. The van der Waals surface area contributed by atoms with Crippen LogP contribution in [0.5, 0.6) is 5.75 Å². The monoisotopic (exact) mass is 338 g/mol. The molecule has 1 aromatic carbocycles. The second-order valence-corrected chi connectivity index (χ2v) is 6.49. The molecule has 2 rings (SSSR count). The van der Waals surface area contributed by atoms with Crippen molar-refractivity contribution in [3.8, 4) is 11.8 Å². The summed E-state index contributed by atoms with van der Waals surface area (Å²) < 4.78 is 23.8. The lowest BCUT2D eigenvalue weighted by Crippen LogP contribution is -2.17. The zero-order valence-corrected chi connectivity index (χ0v) is 14.3. The fourth-order valence-electron chi connectivity index (χ4n) is 1.73. The van der Waals surface area contributed by atoms with Crippen LogP contribution in [0, 0.1) is 21.1 Å². The Labute approximate surface area is 136 Å². The van der Waals surface area contributed by atoms with E-state index in [9.17, 15) is 4.39 Å². The molecule has 0 spiro atoms. The minimum Gasteiger partial charge on any atom is -0.490 e. The minimum atomic E-state index is -0.574. The highest BCUT2D eigenvalue weighted by molar-refractivity contribution is 7.73. The predicted molar refractivity (Wildman–Crippen MR) is 85.2 cm³/mol. The van der Waals surface area contributed by atoms with Gasteiger partial charge in [-0.2, -0.15) is 5.26 Å². The number of hydrogen-bond acceptors (Lipinski definition) is 5. The number of benzene rings is 1. The number of ether oxygens (including phenoxy) is 1. The van der Waals surface area contributed by atoms with Gasteiger partial charge in [0.25, 0.3) is 0 Å². The van der Waals surface area contributed by atoms with Gasteiger partial charge in [-0.05, 0) is 32.1 Å². The third-order valence-electron chi connectivity index (χ3n) is 2.92. The molecule has 2 aromatic rings.